The maximum Gasteiger partial charge on any atom is 0.242 e. The van der Waals surface area contributed by atoms with Gasteiger partial charge in [-0.3, -0.25) is 4.98 Å². The first-order valence-corrected chi connectivity index (χ1v) is 8.10. The minimum Gasteiger partial charge on any atom is -0.373 e. The summed E-state index contributed by atoms with van der Waals surface area (Å²) >= 11 is 3.22. The molecule has 7 heteroatoms. The SMILES string of the molecule is O=S(=O)(NC1CC2CCC1O2)c1cncc(Br)c1. The molecule has 3 atom stereocenters. The van der Waals surface area contributed by atoms with Crippen LogP contribution in [0.2, 0.25) is 0 Å². The van der Waals surface area contributed by atoms with Crippen molar-refractivity contribution in [3.05, 3.63) is 22.9 Å². The highest BCUT2D eigenvalue weighted by atomic mass is 79.9. The monoisotopic (exact) mass is 332 g/mol. The number of sulfonamides is 1. The molecule has 18 heavy (non-hydrogen) atoms. The summed E-state index contributed by atoms with van der Waals surface area (Å²) in [4.78, 5) is 4.06. The van der Waals surface area contributed by atoms with E-state index in [0.29, 0.717) is 4.47 Å². The predicted molar refractivity (Wildman–Crippen MR) is 68.6 cm³/mol. The summed E-state index contributed by atoms with van der Waals surface area (Å²) < 4.78 is 33.4. The Morgan fingerprint density at radius 1 is 1.39 bits per heavy atom. The Balaban J connectivity index is 1.79. The average molecular weight is 333 g/mol. The number of rotatable bonds is 3. The highest BCUT2D eigenvalue weighted by molar-refractivity contribution is 9.10. The Morgan fingerprint density at radius 3 is 2.83 bits per heavy atom. The molecule has 98 valence electrons. The van der Waals surface area contributed by atoms with E-state index in [9.17, 15) is 8.42 Å². The number of fused-ring (bicyclic) bond motifs is 2. The summed E-state index contributed by atoms with van der Waals surface area (Å²) in [5.41, 5.74) is 0. The smallest absolute Gasteiger partial charge is 0.242 e. The third-order valence-corrected chi connectivity index (χ3v) is 5.29. The molecule has 3 unspecified atom stereocenters. The van der Waals surface area contributed by atoms with E-state index in [1.165, 1.54) is 6.20 Å². The molecular formula is C11H13BrN2O3S. The first kappa shape index (κ1) is 12.5. The van der Waals surface area contributed by atoms with Crippen LogP contribution in [-0.4, -0.2) is 31.7 Å². The predicted octanol–water partition coefficient (Wildman–Crippen LogP) is 1.44. The molecule has 1 aromatic rings. The fraction of sp³-hybridized carbons (Fsp3) is 0.545. The molecule has 2 aliphatic rings. The molecule has 2 bridgehead atoms. The number of hydrogen-bond donors (Lipinski definition) is 1. The van der Waals surface area contributed by atoms with Crippen LogP contribution in [0.5, 0.6) is 0 Å². The Labute approximate surface area is 114 Å². The molecule has 1 N–H and O–H groups in total. The van der Waals surface area contributed by atoms with Crippen LogP contribution < -0.4 is 4.72 Å². The summed E-state index contributed by atoms with van der Waals surface area (Å²) in [6.07, 6.45) is 5.91. The van der Waals surface area contributed by atoms with Crippen molar-refractivity contribution in [1.29, 1.82) is 0 Å². The Morgan fingerprint density at radius 2 is 2.22 bits per heavy atom. The van der Waals surface area contributed by atoms with Crippen molar-refractivity contribution in [2.24, 2.45) is 0 Å². The quantitative estimate of drug-likeness (QED) is 0.909. The van der Waals surface area contributed by atoms with Crippen LogP contribution in [0.4, 0.5) is 0 Å². The molecular weight excluding hydrogens is 320 g/mol. The molecule has 3 rings (SSSR count). The Kier molecular flexibility index (Phi) is 3.17. The topological polar surface area (TPSA) is 68.3 Å². The zero-order chi connectivity index (χ0) is 12.8. The second-order valence-corrected chi connectivity index (χ2v) is 7.31. The molecule has 0 spiro atoms. The van der Waals surface area contributed by atoms with Crippen molar-refractivity contribution < 1.29 is 13.2 Å². The molecule has 0 amide bonds. The third kappa shape index (κ3) is 2.32. The highest BCUT2D eigenvalue weighted by Crippen LogP contribution is 2.35. The van der Waals surface area contributed by atoms with Gasteiger partial charge in [0.1, 0.15) is 4.90 Å². The van der Waals surface area contributed by atoms with Crippen LogP contribution >= 0.6 is 15.9 Å². The zero-order valence-corrected chi connectivity index (χ0v) is 11.9. The molecule has 2 aliphatic heterocycles. The van der Waals surface area contributed by atoms with Gasteiger partial charge in [0, 0.05) is 16.9 Å². The minimum atomic E-state index is -3.51. The van der Waals surface area contributed by atoms with Gasteiger partial charge in [-0.25, -0.2) is 13.1 Å². The van der Waals surface area contributed by atoms with Crippen LogP contribution in [0, 0.1) is 0 Å². The minimum absolute atomic E-state index is 0.0323. The number of halogens is 1. The van der Waals surface area contributed by atoms with Crippen LogP contribution in [-0.2, 0) is 14.8 Å². The highest BCUT2D eigenvalue weighted by Gasteiger charge is 2.42. The summed E-state index contributed by atoms with van der Waals surface area (Å²) in [7, 11) is -3.51. The molecule has 0 aromatic carbocycles. The van der Waals surface area contributed by atoms with Crippen molar-refractivity contribution in [3.8, 4) is 0 Å². The van der Waals surface area contributed by atoms with Gasteiger partial charge in [-0.15, -0.1) is 0 Å². The summed E-state index contributed by atoms with van der Waals surface area (Å²) in [6.45, 7) is 0. The van der Waals surface area contributed by atoms with E-state index in [4.69, 9.17) is 4.74 Å². The molecule has 0 saturated carbocycles. The molecule has 0 aliphatic carbocycles. The van der Waals surface area contributed by atoms with E-state index in [1.54, 1.807) is 12.3 Å². The third-order valence-electron chi connectivity index (χ3n) is 3.40. The van der Waals surface area contributed by atoms with E-state index >= 15 is 0 Å². The van der Waals surface area contributed by atoms with E-state index in [0.717, 1.165) is 19.3 Å². The molecule has 1 aromatic heterocycles. The standard InChI is InChI=1S/C11H13BrN2O3S/c12-7-3-9(6-13-5-7)18(15,16)14-10-4-8-1-2-11(10)17-8/h3,5-6,8,10-11,14H,1-2,4H2. The van der Waals surface area contributed by atoms with Crippen molar-refractivity contribution in [1.82, 2.24) is 9.71 Å². The van der Waals surface area contributed by atoms with Crippen LogP contribution in [0.3, 0.4) is 0 Å². The number of nitrogens with one attached hydrogen (secondary N) is 1. The first-order chi connectivity index (χ1) is 8.54. The lowest BCUT2D eigenvalue weighted by atomic mass is 9.96. The van der Waals surface area contributed by atoms with E-state index in [2.05, 4.69) is 25.6 Å². The van der Waals surface area contributed by atoms with Gasteiger partial charge in [-0.2, -0.15) is 0 Å². The Bertz CT molecular complexity index is 563. The van der Waals surface area contributed by atoms with Gasteiger partial charge < -0.3 is 4.74 Å². The van der Waals surface area contributed by atoms with Crippen molar-refractivity contribution in [3.63, 3.8) is 0 Å². The summed E-state index contributed by atoms with van der Waals surface area (Å²) in [5.74, 6) is 0. The lowest BCUT2D eigenvalue weighted by Crippen LogP contribution is -2.41. The largest absolute Gasteiger partial charge is 0.373 e. The van der Waals surface area contributed by atoms with Crippen molar-refractivity contribution in [2.75, 3.05) is 0 Å². The maximum absolute atomic E-state index is 12.2. The fourth-order valence-corrected chi connectivity index (χ4v) is 4.35. The van der Waals surface area contributed by atoms with Crippen molar-refractivity contribution in [2.45, 2.75) is 42.4 Å². The first-order valence-electron chi connectivity index (χ1n) is 5.83. The Hall–Kier alpha value is -0.500. The van der Waals surface area contributed by atoms with Gasteiger partial charge in [-0.05, 0) is 41.3 Å². The van der Waals surface area contributed by atoms with Gasteiger partial charge in [-0.1, -0.05) is 0 Å². The summed E-state index contributed by atoms with van der Waals surface area (Å²) in [5, 5.41) is 0. The summed E-state index contributed by atoms with van der Waals surface area (Å²) in [6, 6.07) is 1.44. The van der Waals surface area contributed by atoms with Gasteiger partial charge in [0.25, 0.3) is 0 Å². The van der Waals surface area contributed by atoms with Gasteiger partial charge >= 0.3 is 0 Å². The number of hydrogen-bond acceptors (Lipinski definition) is 4. The number of nitrogens with zero attached hydrogens (tertiary/aromatic N) is 1. The maximum atomic E-state index is 12.2. The normalized spacial score (nSPS) is 30.8. The molecule has 0 radical (unpaired) electrons. The van der Waals surface area contributed by atoms with Crippen LogP contribution in [0.15, 0.2) is 27.8 Å². The molecule has 5 nitrogen and oxygen atoms in total. The zero-order valence-electron chi connectivity index (χ0n) is 9.54. The molecule has 2 fully saturated rings. The molecule has 2 saturated heterocycles. The van der Waals surface area contributed by atoms with Crippen molar-refractivity contribution >= 4 is 26.0 Å². The second kappa shape index (κ2) is 4.56. The lowest BCUT2D eigenvalue weighted by molar-refractivity contribution is 0.0996. The van der Waals surface area contributed by atoms with Gasteiger partial charge in [0.05, 0.1) is 18.2 Å². The van der Waals surface area contributed by atoms with E-state index in [-0.39, 0.29) is 23.1 Å². The van der Waals surface area contributed by atoms with E-state index < -0.39 is 10.0 Å². The average Bonchev–Trinajstić information content (AvgIpc) is 2.90. The van der Waals surface area contributed by atoms with E-state index in [1.807, 2.05) is 0 Å². The lowest BCUT2D eigenvalue weighted by Gasteiger charge is -2.19. The number of aromatic nitrogens is 1. The van der Waals surface area contributed by atoms with Gasteiger partial charge in [0.2, 0.25) is 10.0 Å². The molecule has 3 heterocycles. The number of ether oxygens (including phenoxy) is 1. The second-order valence-electron chi connectivity index (χ2n) is 4.68. The fourth-order valence-electron chi connectivity index (χ4n) is 2.57. The van der Waals surface area contributed by atoms with Gasteiger partial charge in [0.15, 0.2) is 0 Å². The van der Waals surface area contributed by atoms with Crippen LogP contribution in [0.1, 0.15) is 19.3 Å². The van der Waals surface area contributed by atoms with Crippen LogP contribution in [0.25, 0.3) is 0 Å². The number of pyridine rings is 1.